The SMILES string of the molecule is CCN(CCOC)c1cccc(S(=O)(=O)NC(=O)c2cccnc2N2CCC(C)C2(C)C)n1. The van der Waals surface area contributed by atoms with Gasteiger partial charge < -0.3 is 14.5 Å². The number of methoxy groups -OCH3 is 1. The average Bonchev–Trinajstić information content (AvgIpc) is 3.06. The van der Waals surface area contributed by atoms with Crippen LogP contribution in [-0.2, 0) is 14.8 Å². The fraction of sp³-hybridized carbons (Fsp3) is 0.522. The van der Waals surface area contributed by atoms with Crippen molar-refractivity contribution >= 4 is 27.6 Å². The number of pyridine rings is 2. The van der Waals surface area contributed by atoms with Gasteiger partial charge in [-0.1, -0.05) is 13.0 Å². The fourth-order valence-electron chi connectivity index (χ4n) is 3.99. The molecule has 9 nitrogen and oxygen atoms in total. The predicted molar refractivity (Wildman–Crippen MR) is 128 cm³/mol. The third-order valence-corrected chi connectivity index (χ3v) is 7.69. The van der Waals surface area contributed by atoms with E-state index in [4.69, 9.17) is 4.74 Å². The van der Waals surface area contributed by atoms with Crippen molar-refractivity contribution in [3.63, 3.8) is 0 Å². The summed E-state index contributed by atoms with van der Waals surface area (Å²) in [4.78, 5) is 25.8. The average molecular weight is 476 g/mol. The number of nitrogens with one attached hydrogen (secondary N) is 1. The van der Waals surface area contributed by atoms with Gasteiger partial charge in [0.2, 0.25) is 0 Å². The van der Waals surface area contributed by atoms with Crippen molar-refractivity contribution in [2.24, 2.45) is 5.92 Å². The van der Waals surface area contributed by atoms with Crippen LogP contribution >= 0.6 is 0 Å². The maximum absolute atomic E-state index is 13.1. The number of rotatable bonds is 9. The van der Waals surface area contributed by atoms with Gasteiger partial charge in [-0.15, -0.1) is 0 Å². The van der Waals surface area contributed by atoms with Crippen molar-refractivity contribution in [1.82, 2.24) is 14.7 Å². The summed E-state index contributed by atoms with van der Waals surface area (Å²) < 4.78 is 33.4. The summed E-state index contributed by atoms with van der Waals surface area (Å²) in [6.45, 7) is 10.8. The predicted octanol–water partition coefficient (Wildman–Crippen LogP) is 2.69. The maximum atomic E-state index is 13.1. The van der Waals surface area contributed by atoms with Crippen LogP contribution in [0.15, 0.2) is 41.6 Å². The van der Waals surface area contributed by atoms with Crippen molar-refractivity contribution in [2.45, 2.75) is 44.7 Å². The minimum absolute atomic E-state index is 0.204. The van der Waals surface area contributed by atoms with Gasteiger partial charge in [0.1, 0.15) is 11.6 Å². The van der Waals surface area contributed by atoms with Crippen molar-refractivity contribution in [2.75, 3.05) is 43.2 Å². The number of ether oxygens (including phenoxy) is 1. The minimum Gasteiger partial charge on any atom is -0.383 e. The van der Waals surface area contributed by atoms with E-state index in [1.807, 2.05) is 11.8 Å². The van der Waals surface area contributed by atoms with Gasteiger partial charge in [-0.3, -0.25) is 4.79 Å². The summed E-state index contributed by atoms with van der Waals surface area (Å²) in [6, 6.07) is 7.94. The lowest BCUT2D eigenvalue weighted by Gasteiger charge is -2.36. The highest BCUT2D eigenvalue weighted by molar-refractivity contribution is 7.90. The van der Waals surface area contributed by atoms with Gasteiger partial charge in [0.25, 0.3) is 15.9 Å². The molecule has 1 saturated heterocycles. The largest absolute Gasteiger partial charge is 0.383 e. The molecule has 1 aliphatic heterocycles. The van der Waals surface area contributed by atoms with Gasteiger partial charge >= 0.3 is 0 Å². The zero-order valence-corrected chi connectivity index (χ0v) is 20.7. The first-order valence-electron chi connectivity index (χ1n) is 11.1. The van der Waals surface area contributed by atoms with Crippen LogP contribution < -0.4 is 14.5 Å². The smallest absolute Gasteiger partial charge is 0.281 e. The first kappa shape index (κ1) is 24.9. The number of likely N-dealkylation sites (N-methyl/N-ethyl adjacent to an activating group) is 1. The second-order valence-corrected chi connectivity index (χ2v) is 10.3. The van der Waals surface area contributed by atoms with E-state index in [0.717, 1.165) is 13.0 Å². The molecule has 0 aromatic carbocycles. The number of hydrogen-bond acceptors (Lipinski definition) is 8. The number of carbonyl (C=O) groups is 1. The molecule has 2 aromatic heterocycles. The summed E-state index contributed by atoms with van der Waals surface area (Å²) >= 11 is 0. The third-order valence-electron chi connectivity index (χ3n) is 6.46. The lowest BCUT2D eigenvalue weighted by Crippen LogP contribution is -2.43. The number of nitrogens with zero attached hydrogens (tertiary/aromatic N) is 4. The monoisotopic (exact) mass is 475 g/mol. The summed E-state index contributed by atoms with van der Waals surface area (Å²) in [7, 11) is -2.58. The third kappa shape index (κ3) is 5.27. The molecule has 3 rings (SSSR count). The Morgan fingerprint density at radius 2 is 2.06 bits per heavy atom. The summed E-state index contributed by atoms with van der Waals surface area (Å²) in [5.74, 6) is 0.663. The Morgan fingerprint density at radius 1 is 1.30 bits per heavy atom. The highest BCUT2D eigenvalue weighted by atomic mass is 32.2. The maximum Gasteiger partial charge on any atom is 0.281 e. The molecule has 0 aliphatic carbocycles. The molecule has 10 heteroatoms. The molecule has 1 N–H and O–H groups in total. The number of amides is 1. The number of aromatic nitrogens is 2. The molecule has 33 heavy (non-hydrogen) atoms. The van der Waals surface area contributed by atoms with E-state index < -0.39 is 15.9 Å². The molecule has 1 aliphatic rings. The Morgan fingerprint density at radius 3 is 2.70 bits per heavy atom. The molecule has 0 spiro atoms. The number of anilines is 2. The van der Waals surface area contributed by atoms with Gasteiger partial charge in [-0.25, -0.2) is 14.7 Å². The molecule has 0 radical (unpaired) electrons. The van der Waals surface area contributed by atoms with Crippen LogP contribution in [0.1, 0.15) is 44.5 Å². The molecule has 0 bridgehead atoms. The zero-order valence-electron chi connectivity index (χ0n) is 19.9. The van der Waals surface area contributed by atoms with E-state index in [9.17, 15) is 13.2 Å². The Balaban J connectivity index is 1.86. The van der Waals surface area contributed by atoms with Gasteiger partial charge in [-0.2, -0.15) is 8.42 Å². The lowest BCUT2D eigenvalue weighted by atomic mass is 9.90. The summed E-state index contributed by atoms with van der Waals surface area (Å²) in [6.07, 6.45) is 2.58. The molecule has 2 aromatic rings. The summed E-state index contributed by atoms with van der Waals surface area (Å²) in [5, 5.41) is -0.218. The van der Waals surface area contributed by atoms with Crippen LogP contribution in [0.4, 0.5) is 11.6 Å². The molecule has 1 unspecified atom stereocenters. The van der Waals surface area contributed by atoms with Crippen LogP contribution in [0.2, 0.25) is 0 Å². The van der Waals surface area contributed by atoms with Crippen LogP contribution in [0, 0.1) is 5.92 Å². The molecule has 180 valence electrons. The molecule has 0 saturated carbocycles. The van der Waals surface area contributed by atoms with E-state index in [-0.39, 0.29) is 16.1 Å². The quantitative estimate of drug-likeness (QED) is 0.590. The van der Waals surface area contributed by atoms with Crippen LogP contribution in [0.3, 0.4) is 0 Å². The Kier molecular flexibility index (Phi) is 7.58. The van der Waals surface area contributed by atoms with Crippen LogP contribution in [0.5, 0.6) is 0 Å². The molecule has 1 amide bonds. The molecule has 3 heterocycles. The van der Waals surface area contributed by atoms with E-state index in [2.05, 4.69) is 40.4 Å². The van der Waals surface area contributed by atoms with Crippen molar-refractivity contribution in [3.8, 4) is 0 Å². The van der Waals surface area contributed by atoms with Crippen LogP contribution in [0.25, 0.3) is 0 Å². The highest BCUT2D eigenvalue weighted by Crippen LogP contribution is 2.38. The van der Waals surface area contributed by atoms with E-state index in [1.165, 1.54) is 6.07 Å². The Bertz CT molecular complexity index is 1090. The molecule has 1 atom stereocenters. The summed E-state index contributed by atoms with van der Waals surface area (Å²) in [5.41, 5.74) is 0.0129. The van der Waals surface area contributed by atoms with Gasteiger partial charge in [0.15, 0.2) is 5.03 Å². The topological polar surface area (TPSA) is 105 Å². The van der Waals surface area contributed by atoms with Crippen molar-refractivity contribution < 1.29 is 17.9 Å². The van der Waals surface area contributed by atoms with Crippen LogP contribution in [-0.4, -0.2) is 63.2 Å². The first-order chi connectivity index (χ1) is 15.6. The fourth-order valence-corrected chi connectivity index (χ4v) is 4.92. The van der Waals surface area contributed by atoms with Gasteiger partial charge in [0.05, 0.1) is 12.2 Å². The Labute approximate surface area is 196 Å². The van der Waals surface area contributed by atoms with Crippen molar-refractivity contribution in [1.29, 1.82) is 0 Å². The van der Waals surface area contributed by atoms with E-state index >= 15 is 0 Å². The molecular formula is C23H33N5O4S. The lowest BCUT2D eigenvalue weighted by molar-refractivity contribution is 0.0981. The zero-order chi connectivity index (χ0) is 24.2. The van der Waals surface area contributed by atoms with E-state index in [0.29, 0.717) is 37.3 Å². The standard InChI is InChI=1S/C23H33N5O4S/c1-6-27(15-16-32-5)19-10-7-11-20(25-19)33(30,31)26-22(29)18-9-8-13-24-21(18)28-14-12-17(2)23(28,3)4/h7-11,13,17H,6,12,14-16H2,1-5H3,(H,26,29). The number of carbonyl (C=O) groups excluding carboxylic acids is 1. The van der Waals surface area contributed by atoms with Crippen molar-refractivity contribution in [3.05, 3.63) is 42.1 Å². The second-order valence-electron chi connectivity index (χ2n) is 8.71. The number of hydrogen-bond donors (Lipinski definition) is 1. The first-order valence-corrected chi connectivity index (χ1v) is 12.6. The highest BCUT2D eigenvalue weighted by Gasteiger charge is 2.40. The second kappa shape index (κ2) is 10.0. The minimum atomic E-state index is -4.19. The Hall–Kier alpha value is -2.72. The normalized spacial score (nSPS) is 17.7. The van der Waals surface area contributed by atoms with Gasteiger partial charge in [0, 0.05) is 38.5 Å². The van der Waals surface area contributed by atoms with Gasteiger partial charge in [-0.05, 0) is 57.4 Å². The van der Waals surface area contributed by atoms with E-state index in [1.54, 1.807) is 37.6 Å². The number of sulfonamides is 1. The molecule has 1 fully saturated rings. The molecular weight excluding hydrogens is 442 g/mol.